The van der Waals surface area contributed by atoms with Crippen LogP contribution in [-0.4, -0.2) is 26.3 Å². The average Bonchev–Trinajstić information content (AvgIpc) is 2.24. The van der Waals surface area contributed by atoms with Crippen LogP contribution >= 0.6 is 0 Å². The maximum Gasteiger partial charge on any atom is 0.186 e. The van der Waals surface area contributed by atoms with Gasteiger partial charge in [0.2, 0.25) is 0 Å². The van der Waals surface area contributed by atoms with Crippen molar-refractivity contribution in [2.24, 2.45) is 5.73 Å². The molecule has 0 bridgehead atoms. The molecule has 0 amide bonds. The second kappa shape index (κ2) is 3.99. The van der Waals surface area contributed by atoms with Gasteiger partial charge in [0.15, 0.2) is 9.84 Å². The molecule has 94 valence electrons. The molecule has 2 atom stereocenters. The van der Waals surface area contributed by atoms with Crippen molar-refractivity contribution in [2.45, 2.75) is 37.0 Å². The minimum Gasteiger partial charge on any atom is -0.380 e. The normalized spacial score (nSPS) is 26.1. The highest BCUT2D eigenvalue weighted by molar-refractivity contribution is 7.92. The molecule has 2 rings (SSSR count). The first-order valence-corrected chi connectivity index (χ1v) is 7.25. The van der Waals surface area contributed by atoms with Gasteiger partial charge in [-0.15, -0.1) is 0 Å². The predicted molar refractivity (Wildman–Crippen MR) is 69.0 cm³/mol. The van der Waals surface area contributed by atoms with Gasteiger partial charge in [-0.05, 0) is 38.0 Å². The summed E-state index contributed by atoms with van der Waals surface area (Å²) in [5, 5.41) is 2.72. The number of hydrogen-bond donors (Lipinski definition) is 2. The lowest BCUT2D eigenvalue weighted by Gasteiger charge is -2.32. The molecule has 4 nitrogen and oxygen atoms in total. The predicted octanol–water partition coefficient (Wildman–Crippen LogP) is 1.22. The van der Waals surface area contributed by atoms with Crippen molar-refractivity contribution in [1.82, 2.24) is 0 Å². The Morgan fingerprint density at radius 2 is 2.00 bits per heavy atom. The maximum atomic E-state index is 12.4. The maximum absolute atomic E-state index is 12.4. The molecular formula is C12H18N2O2S. The molecule has 2 unspecified atom stereocenters. The lowest BCUT2D eigenvalue weighted by atomic mass is 10.1. The van der Waals surface area contributed by atoms with E-state index in [-0.39, 0.29) is 12.6 Å². The van der Waals surface area contributed by atoms with Gasteiger partial charge >= 0.3 is 0 Å². The van der Waals surface area contributed by atoms with E-state index in [2.05, 4.69) is 5.32 Å². The van der Waals surface area contributed by atoms with Crippen LogP contribution < -0.4 is 11.1 Å². The fourth-order valence-corrected chi connectivity index (χ4v) is 4.23. The number of fused-ring (bicyclic) bond motifs is 1. The van der Waals surface area contributed by atoms with Gasteiger partial charge in [0.1, 0.15) is 0 Å². The summed E-state index contributed by atoms with van der Waals surface area (Å²) in [5.74, 6) is 0. The van der Waals surface area contributed by atoms with E-state index in [0.29, 0.717) is 4.90 Å². The number of sulfone groups is 1. The minimum atomic E-state index is -3.31. The zero-order chi connectivity index (χ0) is 12.8. The van der Waals surface area contributed by atoms with Crippen molar-refractivity contribution in [3.8, 4) is 0 Å². The second-order valence-corrected chi connectivity index (χ2v) is 6.77. The molecule has 1 aromatic carbocycles. The van der Waals surface area contributed by atoms with Gasteiger partial charge in [-0.1, -0.05) is 6.07 Å². The van der Waals surface area contributed by atoms with Gasteiger partial charge in [0, 0.05) is 12.6 Å². The molecule has 3 N–H and O–H groups in total. The zero-order valence-corrected chi connectivity index (χ0v) is 11.1. The number of nitrogens with one attached hydrogen (secondary N) is 1. The number of aryl methyl sites for hydroxylation is 1. The summed E-state index contributed by atoms with van der Waals surface area (Å²) < 4.78 is 24.8. The molecule has 0 saturated heterocycles. The van der Waals surface area contributed by atoms with Crippen molar-refractivity contribution >= 4 is 15.5 Å². The fraction of sp³-hybridized carbons (Fsp3) is 0.500. The van der Waals surface area contributed by atoms with Crippen LogP contribution in [0.5, 0.6) is 0 Å². The Bertz CT molecular complexity index is 552. The van der Waals surface area contributed by atoms with Crippen molar-refractivity contribution in [1.29, 1.82) is 0 Å². The monoisotopic (exact) mass is 254 g/mol. The Morgan fingerprint density at radius 1 is 1.35 bits per heavy atom. The van der Waals surface area contributed by atoms with Crippen LogP contribution in [0.1, 0.15) is 18.1 Å². The first-order chi connectivity index (χ1) is 7.89. The van der Waals surface area contributed by atoms with E-state index in [1.54, 1.807) is 6.07 Å². The van der Waals surface area contributed by atoms with Gasteiger partial charge in [-0.3, -0.25) is 0 Å². The lowest BCUT2D eigenvalue weighted by Crippen LogP contribution is -2.46. The first kappa shape index (κ1) is 12.4. The van der Waals surface area contributed by atoms with E-state index in [1.807, 2.05) is 26.8 Å². The smallest absolute Gasteiger partial charge is 0.186 e. The third kappa shape index (κ3) is 1.73. The third-order valence-electron chi connectivity index (χ3n) is 3.56. The van der Waals surface area contributed by atoms with Gasteiger partial charge in [-0.25, -0.2) is 8.42 Å². The summed E-state index contributed by atoms with van der Waals surface area (Å²) in [6, 6.07) is 3.36. The number of nitrogens with two attached hydrogens (primary N) is 1. The quantitative estimate of drug-likeness (QED) is 0.790. The van der Waals surface area contributed by atoms with E-state index in [9.17, 15) is 8.42 Å². The molecule has 0 aromatic heterocycles. The Hall–Kier alpha value is -1.07. The molecular weight excluding hydrogens is 236 g/mol. The fourth-order valence-electron chi connectivity index (χ4n) is 2.29. The molecule has 17 heavy (non-hydrogen) atoms. The molecule has 0 aliphatic carbocycles. The van der Waals surface area contributed by atoms with Crippen molar-refractivity contribution in [3.63, 3.8) is 0 Å². The Morgan fingerprint density at radius 3 is 2.59 bits per heavy atom. The molecule has 1 heterocycles. The van der Waals surface area contributed by atoms with E-state index in [0.717, 1.165) is 16.8 Å². The molecule has 0 spiro atoms. The molecule has 1 aliphatic rings. The van der Waals surface area contributed by atoms with Gasteiger partial charge in [0.05, 0.1) is 15.8 Å². The van der Waals surface area contributed by atoms with Crippen molar-refractivity contribution in [3.05, 3.63) is 23.3 Å². The molecule has 0 fully saturated rings. The second-order valence-electron chi connectivity index (χ2n) is 4.63. The standard InChI is InChI=1S/C12H18N2O2S/c1-7-4-5-10-12(8(7)2)14-9(3)11(6-13)17(10,15)16/h4-5,9,11,14H,6,13H2,1-3H3. The van der Waals surface area contributed by atoms with Crippen LogP contribution in [0, 0.1) is 13.8 Å². The molecule has 0 radical (unpaired) electrons. The Labute approximate surface area is 102 Å². The van der Waals surface area contributed by atoms with Crippen LogP contribution in [0.4, 0.5) is 5.69 Å². The highest BCUT2D eigenvalue weighted by Crippen LogP contribution is 2.35. The van der Waals surface area contributed by atoms with Crippen LogP contribution in [0.3, 0.4) is 0 Å². The topological polar surface area (TPSA) is 72.2 Å². The van der Waals surface area contributed by atoms with Gasteiger partial charge in [-0.2, -0.15) is 0 Å². The van der Waals surface area contributed by atoms with Gasteiger partial charge < -0.3 is 11.1 Å². The highest BCUT2D eigenvalue weighted by Gasteiger charge is 2.38. The number of rotatable bonds is 1. The van der Waals surface area contributed by atoms with Crippen molar-refractivity contribution < 1.29 is 8.42 Å². The summed E-state index contributed by atoms with van der Waals surface area (Å²) >= 11 is 0. The summed E-state index contributed by atoms with van der Waals surface area (Å²) in [6.07, 6.45) is 0. The van der Waals surface area contributed by atoms with E-state index < -0.39 is 15.1 Å². The number of anilines is 1. The summed E-state index contributed by atoms with van der Waals surface area (Å²) in [4.78, 5) is 0.383. The SMILES string of the molecule is Cc1ccc2c(c1C)NC(C)C(CN)S2(=O)=O. The van der Waals surface area contributed by atoms with E-state index in [1.165, 1.54) is 0 Å². The van der Waals surface area contributed by atoms with Crippen LogP contribution in [0.2, 0.25) is 0 Å². The van der Waals surface area contributed by atoms with E-state index in [4.69, 9.17) is 5.73 Å². The third-order valence-corrected chi connectivity index (χ3v) is 5.92. The van der Waals surface area contributed by atoms with Crippen LogP contribution in [-0.2, 0) is 9.84 Å². The van der Waals surface area contributed by atoms with Gasteiger partial charge in [0.25, 0.3) is 0 Å². The minimum absolute atomic E-state index is 0.142. The molecule has 1 aliphatic heterocycles. The summed E-state index contributed by atoms with van der Waals surface area (Å²) in [5.41, 5.74) is 8.40. The van der Waals surface area contributed by atoms with Crippen LogP contribution in [0.15, 0.2) is 17.0 Å². The summed E-state index contributed by atoms with van der Waals surface area (Å²) in [6.45, 7) is 5.92. The number of benzene rings is 1. The lowest BCUT2D eigenvalue weighted by molar-refractivity contribution is 0.560. The Balaban J connectivity index is 2.70. The van der Waals surface area contributed by atoms with E-state index >= 15 is 0 Å². The Kier molecular flexibility index (Phi) is 2.91. The average molecular weight is 254 g/mol. The largest absolute Gasteiger partial charge is 0.380 e. The molecule has 5 heteroatoms. The zero-order valence-electron chi connectivity index (χ0n) is 10.3. The molecule has 1 aromatic rings. The summed E-state index contributed by atoms with van der Waals surface area (Å²) in [7, 11) is -3.31. The highest BCUT2D eigenvalue weighted by atomic mass is 32.2. The van der Waals surface area contributed by atoms with Crippen molar-refractivity contribution in [2.75, 3.05) is 11.9 Å². The molecule has 0 saturated carbocycles. The first-order valence-electron chi connectivity index (χ1n) is 5.70. The number of hydrogen-bond acceptors (Lipinski definition) is 4. The van der Waals surface area contributed by atoms with Crippen LogP contribution in [0.25, 0.3) is 0 Å².